The molecule has 1 heterocycles. The number of carbonyl (C=O) groups is 1. The van der Waals surface area contributed by atoms with Crippen LogP contribution in [0, 0.1) is 0 Å². The molecular formula is C18H29N3O5. The molecule has 2 rings (SSSR count). The first-order valence-corrected chi connectivity index (χ1v) is 8.73. The van der Waals surface area contributed by atoms with Crippen LogP contribution in [-0.4, -0.2) is 63.0 Å². The number of fused-ring (bicyclic) bond motifs is 1. The van der Waals surface area contributed by atoms with E-state index in [1.807, 2.05) is 18.5 Å². The van der Waals surface area contributed by atoms with Crippen molar-refractivity contribution in [1.82, 2.24) is 15.7 Å². The number of carbonyl (C=O) groups excluding carboxylic acids is 1. The second kappa shape index (κ2) is 9.61. The molecule has 1 amide bonds. The van der Waals surface area contributed by atoms with Crippen LogP contribution in [0.15, 0.2) is 6.07 Å². The van der Waals surface area contributed by atoms with Crippen LogP contribution < -0.4 is 25.0 Å². The summed E-state index contributed by atoms with van der Waals surface area (Å²) in [6, 6.07) is 1.98. The van der Waals surface area contributed by atoms with Crippen molar-refractivity contribution in [3.8, 4) is 17.2 Å². The van der Waals surface area contributed by atoms with Gasteiger partial charge in [-0.2, -0.15) is 5.48 Å². The number of benzene rings is 1. The van der Waals surface area contributed by atoms with E-state index >= 15 is 0 Å². The fourth-order valence-corrected chi connectivity index (χ4v) is 3.47. The van der Waals surface area contributed by atoms with Gasteiger partial charge in [0, 0.05) is 24.7 Å². The van der Waals surface area contributed by atoms with Crippen LogP contribution in [0.25, 0.3) is 0 Å². The number of hydroxylamine groups is 1. The molecule has 0 unspecified atom stereocenters. The summed E-state index contributed by atoms with van der Waals surface area (Å²) in [7, 11) is 4.87. The van der Waals surface area contributed by atoms with Crippen LogP contribution in [0.1, 0.15) is 24.5 Å². The van der Waals surface area contributed by atoms with Gasteiger partial charge in [0.2, 0.25) is 11.7 Å². The third kappa shape index (κ3) is 4.78. The normalized spacial score (nSPS) is 15.6. The average molecular weight is 367 g/mol. The van der Waals surface area contributed by atoms with Crippen LogP contribution in [0.4, 0.5) is 0 Å². The van der Waals surface area contributed by atoms with Crippen LogP contribution in [0.5, 0.6) is 17.2 Å². The number of rotatable bonds is 8. The Hall–Kier alpha value is -2.03. The molecule has 0 aliphatic carbocycles. The minimum atomic E-state index is -0.233. The largest absolute Gasteiger partial charge is 0.493 e. The van der Waals surface area contributed by atoms with E-state index in [0.29, 0.717) is 18.0 Å². The molecule has 0 spiro atoms. The summed E-state index contributed by atoms with van der Waals surface area (Å²) in [5.41, 5.74) is 4.16. The second-order valence-electron chi connectivity index (χ2n) is 6.43. The van der Waals surface area contributed by atoms with E-state index in [1.54, 1.807) is 21.3 Å². The van der Waals surface area contributed by atoms with E-state index < -0.39 is 0 Å². The first-order valence-electron chi connectivity index (χ1n) is 8.73. The predicted octanol–water partition coefficient (Wildman–Crippen LogP) is 0.944. The Morgan fingerprint density at radius 2 is 2.00 bits per heavy atom. The van der Waals surface area contributed by atoms with Crippen molar-refractivity contribution in [2.75, 3.05) is 41.0 Å². The van der Waals surface area contributed by atoms with Crippen molar-refractivity contribution in [3.63, 3.8) is 0 Å². The first kappa shape index (κ1) is 20.3. The highest BCUT2D eigenvalue weighted by molar-refractivity contribution is 5.78. The van der Waals surface area contributed by atoms with E-state index in [0.717, 1.165) is 42.8 Å². The van der Waals surface area contributed by atoms with E-state index in [2.05, 4.69) is 10.2 Å². The van der Waals surface area contributed by atoms with Crippen molar-refractivity contribution >= 4 is 5.91 Å². The standard InChI is InChI=1S/C18H29N3O5/c1-12(20-16(22)9-19-23)10-21-7-5-6-14-13(11-21)8-15(24-2)18(26-4)17(14)25-3/h8,12,19,23H,5-7,9-11H2,1-4H3,(H,20,22)/t12-/m0/s1. The summed E-state index contributed by atoms with van der Waals surface area (Å²) >= 11 is 0. The average Bonchev–Trinajstić information content (AvgIpc) is 2.81. The maximum absolute atomic E-state index is 11.6. The van der Waals surface area contributed by atoms with Crippen molar-refractivity contribution in [3.05, 3.63) is 17.2 Å². The molecule has 0 saturated carbocycles. The van der Waals surface area contributed by atoms with E-state index in [4.69, 9.17) is 19.4 Å². The number of nitrogens with one attached hydrogen (secondary N) is 2. The Bertz CT molecular complexity index is 623. The molecule has 1 aliphatic heterocycles. The Kier molecular flexibility index (Phi) is 7.50. The summed E-state index contributed by atoms with van der Waals surface area (Å²) in [4.78, 5) is 13.9. The molecule has 0 fully saturated rings. The molecular weight excluding hydrogens is 338 g/mol. The fraction of sp³-hybridized carbons (Fsp3) is 0.611. The third-order valence-corrected chi connectivity index (χ3v) is 4.50. The van der Waals surface area contributed by atoms with Gasteiger partial charge in [-0.05, 0) is 37.9 Å². The molecule has 0 aromatic heterocycles. The van der Waals surface area contributed by atoms with Crippen LogP contribution in [-0.2, 0) is 17.8 Å². The van der Waals surface area contributed by atoms with Crippen LogP contribution in [0.3, 0.4) is 0 Å². The quantitative estimate of drug-likeness (QED) is 0.589. The highest BCUT2D eigenvalue weighted by Crippen LogP contribution is 2.43. The number of ether oxygens (including phenoxy) is 3. The minimum absolute atomic E-state index is 0.0283. The van der Waals surface area contributed by atoms with Crippen molar-refractivity contribution < 1.29 is 24.2 Å². The van der Waals surface area contributed by atoms with Crippen molar-refractivity contribution in [2.45, 2.75) is 32.4 Å². The molecule has 0 saturated heterocycles. The molecule has 0 bridgehead atoms. The Balaban J connectivity index is 2.18. The summed E-state index contributed by atoms with van der Waals surface area (Å²) in [5, 5.41) is 11.5. The third-order valence-electron chi connectivity index (χ3n) is 4.50. The Morgan fingerprint density at radius 3 is 2.62 bits per heavy atom. The molecule has 8 nitrogen and oxygen atoms in total. The van der Waals surface area contributed by atoms with E-state index in [9.17, 15) is 4.79 Å². The lowest BCUT2D eigenvalue weighted by molar-refractivity contribution is -0.122. The van der Waals surface area contributed by atoms with Crippen LogP contribution >= 0.6 is 0 Å². The fourth-order valence-electron chi connectivity index (χ4n) is 3.47. The first-order chi connectivity index (χ1) is 12.5. The van der Waals surface area contributed by atoms with Gasteiger partial charge in [-0.15, -0.1) is 0 Å². The zero-order valence-electron chi connectivity index (χ0n) is 15.9. The zero-order chi connectivity index (χ0) is 19.1. The van der Waals surface area contributed by atoms with Gasteiger partial charge in [0.15, 0.2) is 11.5 Å². The van der Waals surface area contributed by atoms with Gasteiger partial charge in [-0.1, -0.05) is 0 Å². The van der Waals surface area contributed by atoms with Gasteiger partial charge in [0.25, 0.3) is 0 Å². The molecule has 26 heavy (non-hydrogen) atoms. The number of hydrogen-bond donors (Lipinski definition) is 3. The monoisotopic (exact) mass is 367 g/mol. The van der Waals surface area contributed by atoms with Gasteiger partial charge in [0.1, 0.15) is 0 Å². The predicted molar refractivity (Wildman–Crippen MR) is 97.1 cm³/mol. The molecule has 1 aliphatic rings. The van der Waals surface area contributed by atoms with Gasteiger partial charge in [0.05, 0.1) is 27.9 Å². The summed E-state index contributed by atoms with van der Waals surface area (Å²) < 4.78 is 16.6. The van der Waals surface area contributed by atoms with Gasteiger partial charge >= 0.3 is 0 Å². The number of hydrogen-bond acceptors (Lipinski definition) is 7. The Labute approximate surface area is 154 Å². The van der Waals surface area contributed by atoms with E-state index in [1.165, 1.54) is 0 Å². The molecule has 8 heteroatoms. The maximum atomic E-state index is 11.6. The second-order valence-corrected chi connectivity index (χ2v) is 6.43. The number of amides is 1. The molecule has 146 valence electrons. The van der Waals surface area contributed by atoms with Crippen LogP contribution in [0.2, 0.25) is 0 Å². The van der Waals surface area contributed by atoms with Crippen molar-refractivity contribution in [2.24, 2.45) is 0 Å². The lowest BCUT2D eigenvalue weighted by Crippen LogP contribution is -2.44. The highest BCUT2D eigenvalue weighted by atomic mass is 16.5. The lowest BCUT2D eigenvalue weighted by Gasteiger charge is -2.25. The highest BCUT2D eigenvalue weighted by Gasteiger charge is 2.24. The van der Waals surface area contributed by atoms with Gasteiger partial charge in [-0.25, -0.2) is 0 Å². The minimum Gasteiger partial charge on any atom is -0.493 e. The molecule has 3 N–H and O–H groups in total. The van der Waals surface area contributed by atoms with Gasteiger partial charge < -0.3 is 24.7 Å². The molecule has 1 atom stereocenters. The summed E-state index contributed by atoms with van der Waals surface area (Å²) in [5.74, 6) is 1.78. The van der Waals surface area contributed by atoms with Crippen molar-refractivity contribution in [1.29, 1.82) is 0 Å². The summed E-state index contributed by atoms with van der Waals surface area (Å²) in [6.07, 6.45) is 1.88. The maximum Gasteiger partial charge on any atom is 0.236 e. The number of nitrogens with zero attached hydrogens (tertiary/aromatic N) is 1. The number of methoxy groups -OCH3 is 3. The van der Waals surface area contributed by atoms with Gasteiger partial charge in [-0.3, -0.25) is 9.69 Å². The summed E-state index contributed by atoms with van der Waals surface area (Å²) in [6.45, 7) is 4.22. The SMILES string of the molecule is COc1cc2c(c(OC)c1OC)CCCN(C[C@H](C)NC(=O)CNO)C2. The molecule has 1 aromatic rings. The molecule has 1 aromatic carbocycles. The van der Waals surface area contributed by atoms with E-state index in [-0.39, 0.29) is 18.5 Å². The Morgan fingerprint density at radius 1 is 1.27 bits per heavy atom. The molecule has 0 radical (unpaired) electrons. The smallest absolute Gasteiger partial charge is 0.236 e. The zero-order valence-corrected chi connectivity index (χ0v) is 15.9. The topological polar surface area (TPSA) is 92.3 Å². The lowest BCUT2D eigenvalue weighted by atomic mass is 10.0.